The Bertz CT molecular complexity index is 734. The number of anilines is 1. The average Bonchev–Trinajstić information content (AvgIpc) is 2.41. The van der Waals surface area contributed by atoms with Gasteiger partial charge in [-0.3, -0.25) is 14.9 Å². The zero-order chi connectivity index (χ0) is 15.6. The van der Waals surface area contributed by atoms with Crippen molar-refractivity contribution in [2.45, 2.75) is 6.92 Å². The van der Waals surface area contributed by atoms with Crippen LogP contribution in [-0.4, -0.2) is 10.8 Å². The highest BCUT2D eigenvalue weighted by molar-refractivity contribution is 14.1. The smallest absolute Gasteiger partial charge is 0.292 e. The number of nitrogens with zero attached hydrogens (tertiary/aromatic N) is 1. The number of aryl methyl sites for hydroxylation is 1. The van der Waals surface area contributed by atoms with Crippen molar-refractivity contribution in [3.8, 4) is 0 Å². The minimum absolute atomic E-state index is 0.129. The molecule has 108 valence electrons. The van der Waals surface area contributed by atoms with Crippen molar-refractivity contribution in [3.63, 3.8) is 0 Å². The summed E-state index contributed by atoms with van der Waals surface area (Å²) in [6.45, 7) is 1.81. The summed E-state index contributed by atoms with van der Waals surface area (Å²) in [4.78, 5) is 22.8. The molecule has 1 N–H and O–H groups in total. The number of rotatable bonds is 3. The van der Waals surface area contributed by atoms with Crippen LogP contribution in [0.1, 0.15) is 15.9 Å². The number of nitrogens with one attached hydrogen (secondary N) is 1. The summed E-state index contributed by atoms with van der Waals surface area (Å²) < 4.78 is 1.54. The maximum atomic E-state index is 12.3. The van der Waals surface area contributed by atoms with Crippen molar-refractivity contribution >= 4 is 55.8 Å². The number of carbonyl (C=O) groups is 1. The molecule has 0 aromatic heterocycles. The molecule has 0 heterocycles. The molecule has 2 aromatic rings. The first-order valence-electron chi connectivity index (χ1n) is 5.90. The molecular formula is C14H10BrIN2O3. The Labute approximate surface area is 143 Å². The van der Waals surface area contributed by atoms with E-state index < -0.39 is 10.8 Å². The lowest BCUT2D eigenvalue weighted by Crippen LogP contribution is -2.14. The van der Waals surface area contributed by atoms with Gasteiger partial charge in [0.1, 0.15) is 5.69 Å². The summed E-state index contributed by atoms with van der Waals surface area (Å²) in [7, 11) is 0. The van der Waals surface area contributed by atoms with Gasteiger partial charge in [0.25, 0.3) is 11.6 Å². The molecule has 0 saturated heterocycles. The van der Waals surface area contributed by atoms with Crippen LogP contribution in [0.15, 0.2) is 40.9 Å². The highest BCUT2D eigenvalue weighted by Crippen LogP contribution is 2.27. The summed E-state index contributed by atoms with van der Waals surface area (Å²) in [6.07, 6.45) is 0. The molecule has 0 spiro atoms. The van der Waals surface area contributed by atoms with Crippen molar-refractivity contribution in [3.05, 3.63) is 65.7 Å². The minimum Gasteiger partial charge on any atom is -0.316 e. The second kappa shape index (κ2) is 6.52. The maximum absolute atomic E-state index is 12.3. The van der Waals surface area contributed by atoms with E-state index in [2.05, 4.69) is 43.8 Å². The summed E-state index contributed by atoms with van der Waals surface area (Å²) in [5.41, 5.74) is 1.32. The van der Waals surface area contributed by atoms with Gasteiger partial charge in [-0.15, -0.1) is 0 Å². The lowest BCUT2D eigenvalue weighted by atomic mass is 10.1. The molecule has 0 atom stereocenters. The number of benzene rings is 2. The molecule has 0 unspecified atom stereocenters. The first-order valence-corrected chi connectivity index (χ1v) is 7.77. The molecule has 0 aliphatic carbocycles. The van der Waals surface area contributed by atoms with Gasteiger partial charge in [0.05, 0.1) is 10.5 Å². The van der Waals surface area contributed by atoms with Crippen LogP contribution in [0.3, 0.4) is 0 Å². The number of halogens is 2. The van der Waals surface area contributed by atoms with Crippen molar-refractivity contribution in [1.82, 2.24) is 0 Å². The van der Waals surface area contributed by atoms with Gasteiger partial charge in [0, 0.05) is 14.1 Å². The quantitative estimate of drug-likeness (QED) is 0.415. The Kier molecular flexibility index (Phi) is 4.94. The molecule has 1 amide bonds. The van der Waals surface area contributed by atoms with E-state index in [-0.39, 0.29) is 11.4 Å². The maximum Gasteiger partial charge on any atom is 0.292 e. The highest BCUT2D eigenvalue weighted by Gasteiger charge is 2.18. The van der Waals surface area contributed by atoms with Gasteiger partial charge < -0.3 is 5.32 Å². The van der Waals surface area contributed by atoms with Gasteiger partial charge in [-0.1, -0.05) is 6.07 Å². The molecule has 0 aliphatic rings. The Hall–Kier alpha value is -1.48. The van der Waals surface area contributed by atoms with Gasteiger partial charge in [-0.25, -0.2) is 0 Å². The van der Waals surface area contributed by atoms with E-state index in [9.17, 15) is 14.9 Å². The molecule has 0 fully saturated rings. The molecule has 0 saturated carbocycles. The summed E-state index contributed by atoms with van der Waals surface area (Å²) in [6, 6.07) is 9.93. The number of amides is 1. The molecule has 0 aliphatic heterocycles. The molecule has 0 bridgehead atoms. The van der Waals surface area contributed by atoms with Crippen LogP contribution in [0.5, 0.6) is 0 Å². The van der Waals surface area contributed by atoms with Crippen LogP contribution < -0.4 is 5.32 Å². The van der Waals surface area contributed by atoms with E-state index in [1.165, 1.54) is 6.07 Å². The third-order valence-electron chi connectivity index (χ3n) is 2.77. The highest BCUT2D eigenvalue weighted by atomic mass is 127. The van der Waals surface area contributed by atoms with Crippen molar-refractivity contribution < 1.29 is 9.72 Å². The molecule has 21 heavy (non-hydrogen) atoms. The Morgan fingerprint density at radius 2 is 2.00 bits per heavy atom. The second-order valence-corrected chi connectivity index (χ2v) is 6.46. The third kappa shape index (κ3) is 3.79. The van der Waals surface area contributed by atoms with E-state index in [1.807, 2.05) is 6.07 Å². The number of hydrogen-bond donors (Lipinski definition) is 1. The Balaban J connectivity index is 2.38. The second-order valence-electron chi connectivity index (χ2n) is 4.36. The molecule has 7 heteroatoms. The van der Waals surface area contributed by atoms with E-state index in [0.717, 1.165) is 9.13 Å². The lowest BCUT2D eigenvalue weighted by Gasteiger charge is -2.08. The fraction of sp³-hybridized carbons (Fsp3) is 0.0714. The number of nitro benzene ring substituents is 1. The molecule has 0 radical (unpaired) electrons. The van der Waals surface area contributed by atoms with Gasteiger partial charge in [0.15, 0.2) is 0 Å². The fourth-order valence-corrected chi connectivity index (χ4v) is 2.69. The van der Waals surface area contributed by atoms with Crippen LogP contribution in [0, 0.1) is 20.6 Å². The first-order chi connectivity index (χ1) is 9.88. The SMILES string of the molecule is Cc1ccc([N+](=O)[O-])c(NC(=O)c2cc(I)ccc2Br)c1. The summed E-state index contributed by atoms with van der Waals surface area (Å²) in [5, 5.41) is 13.6. The van der Waals surface area contributed by atoms with Gasteiger partial charge in [-0.2, -0.15) is 0 Å². The molecular weight excluding hydrogens is 451 g/mol. The van der Waals surface area contributed by atoms with Crippen LogP contribution in [-0.2, 0) is 0 Å². The number of carbonyl (C=O) groups excluding carboxylic acids is 1. The summed E-state index contributed by atoms with van der Waals surface area (Å²) in [5.74, 6) is -0.394. The third-order valence-corrected chi connectivity index (χ3v) is 4.13. The van der Waals surface area contributed by atoms with Crippen molar-refractivity contribution in [2.24, 2.45) is 0 Å². The van der Waals surface area contributed by atoms with Gasteiger partial charge in [0.2, 0.25) is 0 Å². The standard InChI is InChI=1S/C14H10BrIN2O3/c1-8-2-5-13(18(20)21)12(6-8)17-14(19)10-7-9(16)3-4-11(10)15/h2-7H,1H3,(H,17,19). The number of hydrogen-bond acceptors (Lipinski definition) is 3. The van der Waals surface area contributed by atoms with E-state index in [1.54, 1.807) is 31.2 Å². The Morgan fingerprint density at radius 3 is 2.67 bits per heavy atom. The topological polar surface area (TPSA) is 72.2 Å². The first kappa shape index (κ1) is 15.9. The predicted molar refractivity (Wildman–Crippen MR) is 92.6 cm³/mol. The zero-order valence-corrected chi connectivity index (χ0v) is 14.6. The molecule has 5 nitrogen and oxygen atoms in total. The van der Waals surface area contributed by atoms with Gasteiger partial charge >= 0.3 is 0 Å². The summed E-state index contributed by atoms with van der Waals surface area (Å²) >= 11 is 5.41. The largest absolute Gasteiger partial charge is 0.316 e. The van der Waals surface area contributed by atoms with Crippen LogP contribution in [0.25, 0.3) is 0 Å². The number of nitro groups is 1. The molecule has 2 aromatic carbocycles. The normalized spacial score (nSPS) is 10.2. The average molecular weight is 461 g/mol. The van der Waals surface area contributed by atoms with Crippen molar-refractivity contribution in [2.75, 3.05) is 5.32 Å². The van der Waals surface area contributed by atoms with E-state index in [0.29, 0.717) is 10.0 Å². The van der Waals surface area contributed by atoms with Crippen LogP contribution >= 0.6 is 38.5 Å². The molecule has 2 rings (SSSR count). The fourth-order valence-electron chi connectivity index (χ4n) is 1.77. The van der Waals surface area contributed by atoms with E-state index >= 15 is 0 Å². The van der Waals surface area contributed by atoms with E-state index in [4.69, 9.17) is 0 Å². The Morgan fingerprint density at radius 1 is 1.29 bits per heavy atom. The predicted octanol–water partition coefficient (Wildman–Crippen LogP) is 4.52. The van der Waals surface area contributed by atoms with Crippen LogP contribution in [0.4, 0.5) is 11.4 Å². The minimum atomic E-state index is -0.515. The van der Waals surface area contributed by atoms with Crippen molar-refractivity contribution in [1.29, 1.82) is 0 Å². The monoisotopic (exact) mass is 460 g/mol. The van der Waals surface area contributed by atoms with Crippen LogP contribution in [0.2, 0.25) is 0 Å². The zero-order valence-electron chi connectivity index (χ0n) is 10.9. The van der Waals surface area contributed by atoms with Gasteiger partial charge in [-0.05, 0) is 75.3 Å². The lowest BCUT2D eigenvalue weighted by molar-refractivity contribution is -0.383.